The summed E-state index contributed by atoms with van der Waals surface area (Å²) in [6.45, 7) is 1.36. The fraction of sp³-hybridized carbons (Fsp3) is 0.0952. The predicted octanol–water partition coefficient (Wildman–Crippen LogP) is 4.51. The van der Waals surface area contributed by atoms with Crippen LogP contribution in [0.15, 0.2) is 78.9 Å². The molecule has 0 atom stereocenters. The summed E-state index contributed by atoms with van der Waals surface area (Å²) < 4.78 is 0. The van der Waals surface area contributed by atoms with E-state index in [1.165, 1.54) is 11.1 Å². The zero-order chi connectivity index (χ0) is 15.6. The molecule has 2 nitrogen and oxygen atoms in total. The van der Waals surface area contributed by atoms with Gasteiger partial charge in [0.1, 0.15) is 0 Å². The van der Waals surface area contributed by atoms with Gasteiger partial charge >= 0.3 is 0 Å². The third-order valence-electron chi connectivity index (χ3n) is 4.33. The molecule has 0 aliphatic carbocycles. The van der Waals surface area contributed by atoms with E-state index in [2.05, 4.69) is 36.4 Å². The summed E-state index contributed by atoms with van der Waals surface area (Å²) in [5, 5.41) is 0. The van der Waals surface area contributed by atoms with Gasteiger partial charge in [0.15, 0.2) is 0 Å². The topological polar surface area (TPSA) is 20.3 Å². The molecule has 0 aromatic heterocycles. The van der Waals surface area contributed by atoms with Crippen LogP contribution < -0.4 is 0 Å². The number of nitrogens with zero attached hydrogens (tertiary/aromatic N) is 1. The molecule has 1 heterocycles. The zero-order valence-corrected chi connectivity index (χ0v) is 12.8. The molecular formula is C21H17NO. The van der Waals surface area contributed by atoms with E-state index in [0.717, 1.165) is 16.7 Å². The number of benzene rings is 3. The third-order valence-corrected chi connectivity index (χ3v) is 4.33. The Balaban J connectivity index is 1.52. The monoisotopic (exact) mass is 299 g/mol. The number of amides is 1. The first-order valence-electron chi connectivity index (χ1n) is 7.83. The molecule has 1 amide bonds. The van der Waals surface area contributed by atoms with Crippen LogP contribution in [0.3, 0.4) is 0 Å². The van der Waals surface area contributed by atoms with Crippen LogP contribution in [-0.4, -0.2) is 10.8 Å². The maximum absolute atomic E-state index is 12.4. The maximum Gasteiger partial charge on any atom is 0.254 e. The maximum atomic E-state index is 12.4. The number of hydrogen-bond donors (Lipinski definition) is 0. The highest BCUT2D eigenvalue weighted by atomic mass is 16.2. The van der Waals surface area contributed by atoms with Crippen LogP contribution in [0.25, 0.3) is 11.1 Å². The smallest absolute Gasteiger partial charge is 0.254 e. The van der Waals surface area contributed by atoms with Gasteiger partial charge in [-0.05, 0) is 28.3 Å². The number of hydrogen-bond acceptors (Lipinski definition) is 1. The summed E-state index contributed by atoms with van der Waals surface area (Å²) >= 11 is 0. The van der Waals surface area contributed by atoms with E-state index >= 15 is 0 Å². The number of carbonyl (C=O) groups is 1. The second kappa shape index (κ2) is 5.73. The molecule has 4 rings (SSSR count). The van der Waals surface area contributed by atoms with E-state index in [4.69, 9.17) is 0 Å². The molecule has 0 spiro atoms. The lowest BCUT2D eigenvalue weighted by atomic mass is 10.0. The molecule has 0 saturated carbocycles. The van der Waals surface area contributed by atoms with Crippen molar-refractivity contribution < 1.29 is 4.79 Å². The molecule has 1 aliphatic rings. The first-order valence-corrected chi connectivity index (χ1v) is 7.83. The van der Waals surface area contributed by atoms with Crippen molar-refractivity contribution in [3.8, 4) is 11.1 Å². The molecule has 23 heavy (non-hydrogen) atoms. The van der Waals surface area contributed by atoms with Gasteiger partial charge in [0.05, 0.1) is 0 Å². The van der Waals surface area contributed by atoms with Crippen molar-refractivity contribution in [2.75, 3.05) is 0 Å². The quantitative estimate of drug-likeness (QED) is 0.697. The minimum Gasteiger partial charge on any atom is -0.330 e. The molecule has 0 unspecified atom stereocenters. The minimum atomic E-state index is 0.132. The van der Waals surface area contributed by atoms with E-state index < -0.39 is 0 Å². The molecular weight excluding hydrogens is 282 g/mol. The highest BCUT2D eigenvalue weighted by Crippen LogP contribution is 2.25. The van der Waals surface area contributed by atoms with E-state index in [9.17, 15) is 4.79 Å². The fourth-order valence-electron chi connectivity index (χ4n) is 3.10. The van der Waals surface area contributed by atoms with E-state index in [1.54, 1.807) is 0 Å². The van der Waals surface area contributed by atoms with Crippen LogP contribution in [0.5, 0.6) is 0 Å². The third kappa shape index (κ3) is 2.64. The van der Waals surface area contributed by atoms with Gasteiger partial charge in [-0.3, -0.25) is 4.79 Å². The number of fused-ring (bicyclic) bond motifs is 1. The Hall–Kier alpha value is -2.87. The number of carbonyl (C=O) groups excluding carboxylic acids is 1. The molecule has 112 valence electrons. The van der Waals surface area contributed by atoms with Crippen LogP contribution in [0.2, 0.25) is 0 Å². The fourth-order valence-corrected chi connectivity index (χ4v) is 3.10. The Bertz CT molecular complexity index is 837. The van der Waals surface area contributed by atoms with E-state index in [1.807, 2.05) is 47.4 Å². The minimum absolute atomic E-state index is 0.132. The summed E-state index contributed by atoms with van der Waals surface area (Å²) in [5.74, 6) is 0.132. The van der Waals surface area contributed by atoms with Crippen molar-refractivity contribution in [3.63, 3.8) is 0 Å². The second-order valence-corrected chi connectivity index (χ2v) is 5.88. The molecule has 1 aliphatic heterocycles. The van der Waals surface area contributed by atoms with Crippen molar-refractivity contribution in [1.82, 2.24) is 4.90 Å². The van der Waals surface area contributed by atoms with Crippen LogP contribution in [0.4, 0.5) is 0 Å². The molecule has 0 radical (unpaired) electrons. The van der Waals surface area contributed by atoms with Crippen LogP contribution >= 0.6 is 0 Å². The zero-order valence-electron chi connectivity index (χ0n) is 12.8. The van der Waals surface area contributed by atoms with Crippen molar-refractivity contribution in [3.05, 3.63) is 95.6 Å². The Kier molecular flexibility index (Phi) is 3.43. The summed E-state index contributed by atoms with van der Waals surface area (Å²) in [6, 6.07) is 26.7. The molecule has 3 aromatic rings. The summed E-state index contributed by atoms with van der Waals surface area (Å²) in [7, 11) is 0. The van der Waals surface area contributed by atoms with Crippen LogP contribution in [-0.2, 0) is 13.1 Å². The molecule has 0 fully saturated rings. The van der Waals surface area contributed by atoms with Gasteiger partial charge in [-0.2, -0.15) is 0 Å². The Morgan fingerprint density at radius 2 is 1.39 bits per heavy atom. The average Bonchev–Trinajstić information content (AvgIpc) is 2.93. The number of rotatable bonds is 3. The van der Waals surface area contributed by atoms with Crippen molar-refractivity contribution in [2.24, 2.45) is 0 Å². The standard InChI is InChI=1S/C21H17NO/c23-21-20-9-5-4-8-19(20)15-22(21)14-16-10-12-18(13-11-16)17-6-2-1-3-7-17/h1-13H,14-15H2. The summed E-state index contributed by atoms with van der Waals surface area (Å²) in [4.78, 5) is 14.3. The first-order chi connectivity index (χ1) is 11.3. The van der Waals surface area contributed by atoms with Crippen LogP contribution in [0, 0.1) is 0 Å². The Morgan fingerprint density at radius 1 is 0.739 bits per heavy atom. The van der Waals surface area contributed by atoms with Gasteiger partial charge in [0.25, 0.3) is 5.91 Å². The predicted molar refractivity (Wildman–Crippen MR) is 91.9 cm³/mol. The Morgan fingerprint density at radius 3 is 2.13 bits per heavy atom. The van der Waals surface area contributed by atoms with Gasteiger partial charge in [-0.1, -0.05) is 72.8 Å². The average molecular weight is 299 g/mol. The summed E-state index contributed by atoms with van der Waals surface area (Å²) in [5.41, 5.74) is 5.53. The van der Waals surface area contributed by atoms with Crippen LogP contribution in [0.1, 0.15) is 21.5 Å². The Labute approximate surface area is 136 Å². The lowest BCUT2D eigenvalue weighted by molar-refractivity contribution is 0.0766. The lowest BCUT2D eigenvalue weighted by Gasteiger charge is -2.16. The van der Waals surface area contributed by atoms with Gasteiger partial charge in [0, 0.05) is 18.7 Å². The van der Waals surface area contributed by atoms with E-state index in [-0.39, 0.29) is 5.91 Å². The van der Waals surface area contributed by atoms with Crippen molar-refractivity contribution in [2.45, 2.75) is 13.1 Å². The SMILES string of the molecule is O=C1c2ccccc2CN1Cc1ccc(-c2ccccc2)cc1. The van der Waals surface area contributed by atoms with Gasteiger partial charge in [-0.15, -0.1) is 0 Å². The highest BCUT2D eigenvalue weighted by Gasteiger charge is 2.26. The first kappa shape index (κ1) is 13.8. The van der Waals surface area contributed by atoms with Crippen molar-refractivity contribution in [1.29, 1.82) is 0 Å². The lowest BCUT2D eigenvalue weighted by Crippen LogP contribution is -2.23. The van der Waals surface area contributed by atoms with Gasteiger partial charge in [-0.25, -0.2) is 0 Å². The van der Waals surface area contributed by atoms with E-state index in [0.29, 0.717) is 13.1 Å². The highest BCUT2D eigenvalue weighted by molar-refractivity contribution is 5.98. The molecule has 0 N–H and O–H groups in total. The van der Waals surface area contributed by atoms with Gasteiger partial charge in [0.2, 0.25) is 0 Å². The second-order valence-electron chi connectivity index (χ2n) is 5.88. The molecule has 3 aromatic carbocycles. The molecule has 2 heteroatoms. The normalized spacial score (nSPS) is 13.2. The van der Waals surface area contributed by atoms with Gasteiger partial charge < -0.3 is 4.90 Å². The molecule has 0 saturated heterocycles. The largest absolute Gasteiger partial charge is 0.330 e. The van der Waals surface area contributed by atoms with Crippen molar-refractivity contribution >= 4 is 5.91 Å². The molecule has 0 bridgehead atoms. The summed E-state index contributed by atoms with van der Waals surface area (Å²) in [6.07, 6.45) is 0.